The number of anilines is 1. The van der Waals surface area contributed by atoms with Gasteiger partial charge in [0.05, 0.1) is 17.5 Å². The number of carbonyl (C=O) groups is 2. The smallest absolute Gasteiger partial charge is 0.321 e. The molecule has 1 aliphatic heterocycles. The lowest BCUT2D eigenvalue weighted by Crippen LogP contribution is -2.62. The van der Waals surface area contributed by atoms with Gasteiger partial charge in [0.25, 0.3) is 0 Å². The van der Waals surface area contributed by atoms with Crippen molar-refractivity contribution in [2.45, 2.75) is 24.0 Å². The summed E-state index contributed by atoms with van der Waals surface area (Å²) in [5.41, 5.74) is 4.06. The number of hydrogen-bond acceptors (Lipinski definition) is 6. The Balaban J connectivity index is 1.21. The van der Waals surface area contributed by atoms with Crippen LogP contribution in [0.2, 0.25) is 0 Å². The van der Waals surface area contributed by atoms with Crippen LogP contribution in [0, 0.1) is 6.92 Å². The highest BCUT2D eigenvalue weighted by molar-refractivity contribution is 7.89. The van der Waals surface area contributed by atoms with Crippen LogP contribution in [0.4, 0.5) is 10.5 Å². The molecule has 11 heteroatoms. The standard InChI is InChI=1S/C40H40N4O6S/c1-29-11-9-10-16-36(29)30-17-23-35(24-18-30)51(48,49)44-26-25-43(27-37(44)39(46)42(2)28-38(45)31-12-5-3-6-13-31)40(47)41-32-19-21-34(22-20-32)50-33-14-7-4-8-15-33/h3-24,37-38,45H,25-28H2,1-2H3,(H,41,47)/t37-,38?/m1/s1. The van der Waals surface area contributed by atoms with E-state index in [1.807, 2.05) is 67.6 Å². The summed E-state index contributed by atoms with van der Waals surface area (Å²) in [6.07, 6.45) is -0.990. The van der Waals surface area contributed by atoms with Crippen LogP contribution in [0.25, 0.3) is 11.1 Å². The molecule has 51 heavy (non-hydrogen) atoms. The molecule has 262 valence electrons. The van der Waals surface area contributed by atoms with Crippen molar-refractivity contribution in [1.29, 1.82) is 0 Å². The zero-order valence-electron chi connectivity index (χ0n) is 28.4. The normalized spacial score (nSPS) is 15.5. The van der Waals surface area contributed by atoms with Crippen molar-refractivity contribution >= 4 is 27.6 Å². The Labute approximate surface area is 298 Å². The highest BCUT2D eigenvalue weighted by Crippen LogP contribution is 2.29. The van der Waals surface area contributed by atoms with E-state index in [0.717, 1.165) is 16.7 Å². The molecule has 2 atom stereocenters. The third kappa shape index (κ3) is 8.29. The molecule has 1 heterocycles. The number of likely N-dealkylation sites (N-methyl/N-ethyl adjacent to an activating group) is 1. The minimum absolute atomic E-state index is 0.0420. The molecule has 6 rings (SSSR count). The maximum atomic E-state index is 14.2. The molecule has 1 saturated heterocycles. The Bertz CT molecular complexity index is 2060. The first-order chi connectivity index (χ1) is 24.6. The van der Waals surface area contributed by atoms with Crippen molar-refractivity contribution in [3.63, 3.8) is 0 Å². The monoisotopic (exact) mass is 704 g/mol. The number of piperazine rings is 1. The van der Waals surface area contributed by atoms with Gasteiger partial charge in [-0.05, 0) is 77.7 Å². The Morgan fingerprint density at radius 1 is 0.824 bits per heavy atom. The first-order valence-electron chi connectivity index (χ1n) is 16.6. The van der Waals surface area contributed by atoms with Gasteiger partial charge in [0, 0.05) is 32.4 Å². The van der Waals surface area contributed by atoms with Gasteiger partial charge in [-0.15, -0.1) is 0 Å². The van der Waals surface area contributed by atoms with Gasteiger partial charge in [-0.1, -0.05) is 84.9 Å². The topological polar surface area (TPSA) is 119 Å². The van der Waals surface area contributed by atoms with Crippen LogP contribution in [-0.4, -0.2) is 78.8 Å². The highest BCUT2D eigenvalue weighted by Gasteiger charge is 2.42. The van der Waals surface area contributed by atoms with Crippen LogP contribution in [0.15, 0.2) is 138 Å². The number of amides is 3. The summed E-state index contributed by atoms with van der Waals surface area (Å²) in [5, 5.41) is 13.7. The molecule has 2 N–H and O–H groups in total. The summed E-state index contributed by atoms with van der Waals surface area (Å²) in [6, 6.07) is 37.9. The first kappa shape index (κ1) is 35.3. The van der Waals surface area contributed by atoms with Crippen molar-refractivity contribution in [3.8, 4) is 22.6 Å². The van der Waals surface area contributed by atoms with Crippen molar-refractivity contribution in [1.82, 2.24) is 14.1 Å². The number of urea groups is 1. The number of rotatable bonds is 10. The fraction of sp³-hybridized carbons (Fsp3) is 0.200. The van der Waals surface area contributed by atoms with E-state index in [1.54, 1.807) is 72.8 Å². The van der Waals surface area contributed by atoms with Gasteiger partial charge in [-0.25, -0.2) is 13.2 Å². The lowest BCUT2D eigenvalue weighted by molar-refractivity contribution is -0.136. The molecule has 0 aromatic heterocycles. The summed E-state index contributed by atoms with van der Waals surface area (Å²) in [4.78, 5) is 30.4. The Kier molecular flexibility index (Phi) is 10.8. The number of aliphatic hydroxyl groups is 1. The molecule has 10 nitrogen and oxygen atoms in total. The zero-order valence-corrected chi connectivity index (χ0v) is 29.2. The summed E-state index contributed by atoms with van der Waals surface area (Å²) in [5.74, 6) is 0.739. The molecule has 3 amide bonds. The average Bonchev–Trinajstić information content (AvgIpc) is 3.16. The molecule has 0 spiro atoms. The van der Waals surface area contributed by atoms with E-state index in [2.05, 4.69) is 5.32 Å². The third-order valence-electron chi connectivity index (χ3n) is 8.91. The third-order valence-corrected chi connectivity index (χ3v) is 10.8. The van der Waals surface area contributed by atoms with Crippen LogP contribution < -0.4 is 10.1 Å². The van der Waals surface area contributed by atoms with E-state index in [-0.39, 0.29) is 31.1 Å². The number of nitrogens with zero attached hydrogens (tertiary/aromatic N) is 3. The number of carbonyl (C=O) groups excluding carboxylic acids is 2. The van der Waals surface area contributed by atoms with E-state index >= 15 is 0 Å². The predicted molar refractivity (Wildman–Crippen MR) is 197 cm³/mol. The van der Waals surface area contributed by atoms with Gasteiger partial charge in [0.15, 0.2) is 0 Å². The second-order valence-corrected chi connectivity index (χ2v) is 14.3. The number of hydrogen-bond donors (Lipinski definition) is 2. The van der Waals surface area contributed by atoms with Crippen molar-refractivity contribution < 1.29 is 27.9 Å². The van der Waals surface area contributed by atoms with Crippen molar-refractivity contribution in [2.75, 3.05) is 38.5 Å². The summed E-state index contributed by atoms with van der Waals surface area (Å²) >= 11 is 0. The summed E-state index contributed by atoms with van der Waals surface area (Å²) in [7, 11) is -2.64. The molecule has 1 fully saturated rings. The number of para-hydroxylation sites is 1. The Hall–Kier alpha value is -5.49. The molecular formula is C40H40N4O6S. The van der Waals surface area contributed by atoms with Crippen LogP contribution in [0.3, 0.4) is 0 Å². The maximum Gasteiger partial charge on any atom is 0.321 e. The van der Waals surface area contributed by atoms with Gasteiger partial charge >= 0.3 is 6.03 Å². The summed E-state index contributed by atoms with van der Waals surface area (Å²) < 4.78 is 35.4. The van der Waals surface area contributed by atoms with Crippen LogP contribution in [0.1, 0.15) is 17.2 Å². The molecular weight excluding hydrogens is 665 g/mol. The van der Waals surface area contributed by atoms with E-state index in [4.69, 9.17) is 4.74 Å². The average molecular weight is 705 g/mol. The molecule has 0 radical (unpaired) electrons. The number of sulfonamides is 1. The van der Waals surface area contributed by atoms with Gasteiger partial charge < -0.3 is 25.0 Å². The first-order valence-corrected chi connectivity index (χ1v) is 18.1. The lowest BCUT2D eigenvalue weighted by Gasteiger charge is -2.41. The lowest BCUT2D eigenvalue weighted by atomic mass is 10.0. The molecule has 0 aliphatic carbocycles. The number of nitrogens with one attached hydrogen (secondary N) is 1. The fourth-order valence-corrected chi connectivity index (χ4v) is 7.66. The largest absolute Gasteiger partial charge is 0.457 e. The van der Waals surface area contributed by atoms with Crippen LogP contribution >= 0.6 is 0 Å². The van der Waals surface area contributed by atoms with E-state index in [0.29, 0.717) is 22.7 Å². The number of aliphatic hydroxyl groups excluding tert-OH is 1. The molecule has 1 unspecified atom stereocenters. The second kappa shape index (κ2) is 15.6. The second-order valence-electron chi connectivity index (χ2n) is 12.4. The molecule has 0 saturated carbocycles. The highest BCUT2D eigenvalue weighted by atomic mass is 32.2. The number of ether oxygens (including phenoxy) is 1. The molecule has 0 bridgehead atoms. The van der Waals surface area contributed by atoms with Crippen molar-refractivity contribution in [3.05, 3.63) is 145 Å². The maximum absolute atomic E-state index is 14.2. The summed E-state index contributed by atoms with van der Waals surface area (Å²) in [6.45, 7) is 1.69. The Morgan fingerprint density at radius 3 is 2.10 bits per heavy atom. The quantitative estimate of drug-likeness (QED) is 0.170. The SMILES string of the molecule is Cc1ccccc1-c1ccc(S(=O)(=O)N2CCN(C(=O)Nc3ccc(Oc4ccccc4)cc3)C[C@@H]2C(=O)N(C)CC(O)c2ccccc2)cc1. The number of benzene rings is 5. The van der Waals surface area contributed by atoms with Gasteiger partial charge in [-0.3, -0.25) is 4.79 Å². The van der Waals surface area contributed by atoms with Crippen LogP contribution in [0.5, 0.6) is 11.5 Å². The minimum Gasteiger partial charge on any atom is -0.457 e. The molecule has 5 aromatic carbocycles. The van der Waals surface area contributed by atoms with Crippen LogP contribution in [-0.2, 0) is 14.8 Å². The van der Waals surface area contributed by atoms with E-state index < -0.39 is 34.1 Å². The van der Waals surface area contributed by atoms with Gasteiger partial charge in [0.1, 0.15) is 17.5 Å². The van der Waals surface area contributed by atoms with E-state index in [9.17, 15) is 23.1 Å². The fourth-order valence-electron chi connectivity index (χ4n) is 6.10. The molecule has 5 aromatic rings. The van der Waals surface area contributed by atoms with Gasteiger partial charge in [-0.2, -0.15) is 4.31 Å². The van der Waals surface area contributed by atoms with Crippen molar-refractivity contribution in [2.24, 2.45) is 0 Å². The van der Waals surface area contributed by atoms with E-state index in [1.165, 1.54) is 21.2 Å². The Morgan fingerprint density at radius 2 is 1.43 bits per heavy atom. The number of aryl methyl sites for hydroxylation is 1. The predicted octanol–water partition coefficient (Wildman–Crippen LogP) is 6.55. The minimum atomic E-state index is -4.17. The zero-order chi connectivity index (χ0) is 36.0. The molecule has 1 aliphatic rings. The van der Waals surface area contributed by atoms with Gasteiger partial charge in [0.2, 0.25) is 15.9 Å².